The first kappa shape index (κ1) is 19.4. The van der Waals surface area contributed by atoms with E-state index in [0.717, 1.165) is 31.2 Å². The molecule has 0 unspecified atom stereocenters. The molecule has 0 atom stereocenters. The molecule has 4 rings (SSSR count). The quantitative estimate of drug-likeness (QED) is 0.725. The van der Waals surface area contributed by atoms with Crippen LogP contribution in [0, 0.1) is 5.41 Å². The topological polar surface area (TPSA) is 103 Å². The fourth-order valence-corrected chi connectivity index (χ4v) is 4.69. The van der Waals surface area contributed by atoms with Crippen molar-refractivity contribution in [2.24, 2.45) is 11.1 Å². The second-order valence-electron chi connectivity index (χ2n) is 8.33. The highest BCUT2D eigenvalue weighted by Gasteiger charge is 2.52. The number of aromatic nitrogens is 1. The van der Waals surface area contributed by atoms with E-state index in [1.54, 1.807) is 7.11 Å². The van der Waals surface area contributed by atoms with Gasteiger partial charge in [0, 0.05) is 18.3 Å². The summed E-state index contributed by atoms with van der Waals surface area (Å²) in [4.78, 5) is 36.7. The minimum Gasteiger partial charge on any atom is -0.497 e. The Bertz CT molecular complexity index is 999. The second kappa shape index (κ2) is 7.48. The van der Waals surface area contributed by atoms with E-state index < -0.39 is 5.56 Å². The first-order chi connectivity index (χ1) is 13.9. The molecule has 2 fully saturated rings. The van der Waals surface area contributed by atoms with E-state index in [0.29, 0.717) is 29.1 Å². The molecular weight excluding hydrogens is 370 g/mol. The lowest BCUT2D eigenvalue weighted by Gasteiger charge is -2.57. The number of nitrogens with zero attached hydrogens (tertiary/aromatic N) is 1. The molecule has 2 aliphatic carbocycles. The number of carbonyl (C=O) groups is 2. The normalized spacial score (nSPS) is 25.0. The molecule has 2 aliphatic rings. The summed E-state index contributed by atoms with van der Waals surface area (Å²) in [5.41, 5.74) is 6.89. The maximum absolute atomic E-state index is 12.7. The number of nitrogens with two attached hydrogens (primary N) is 1. The summed E-state index contributed by atoms with van der Waals surface area (Å²) in [5.74, 6) is 0.408. The van der Waals surface area contributed by atoms with Gasteiger partial charge < -0.3 is 20.4 Å². The van der Waals surface area contributed by atoms with Crippen molar-refractivity contribution in [2.45, 2.75) is 44.3 Å². The Morgan fingerprint density at radius 3 is 2.72 bits per heavy atom. The average Bonchev–Trinajstić information content (AvgIpc) is 2.66. The molecule has 1 spiro atoms. The van der Waals surface area contributed by atoms with Gasteiger partial charge in [-0.3, -0.25) is 14.4 Å². The zero-order valence-electron chi connectivity index (χ0n) is 16.4. The number of carbonyl (C=O) groups excluding carboxylic acids is 2. The number of pyridine rings is 1. The molecule has 0 saturated heterocycles. The van der Waals surface area contributed by atoms with Crippen LogP contribution in [0.25, 0.3) is 0 Å². The fourth-order valence-electron chi connectivity index (χ4n) is 4.69. The third-order valence-electron chi connectivity index (χ3n) is 6.07. The van der Waals surface area contributed by atoms with E-state index in [-0.39, 0.29) is 24.1 Å². The first-order valence-electron chi connectivity index (χ1n) is 9.80. The van der Waals surface area contributed by atoms with E-state index in [2.05, 4.69) is 5.32 Å². The molecule has 2 aromatic rings. The monoisotopic (exact) mass is 395 g/mol. The van der Waals surface area contributed by atoms with E-state index in [4.69, 9.17) is 10.5 Å². The Hall–Kier alpha value is -2.93. The van der Waals surface area contributed by atoms with E-state index in [1.807, 2.05) is 24.3 Å². The molecule has 3 N–H and O–H groups in total. The maximum atomic E-state index is 12.7. The third-order valence-corrected chi connectivity index (χ3v) is 6.07. The van der Waals surface area contributed by atoms with Crippen molar-refractivity contribution in [3.8, 4) is 5.75 Å². The molecule has 0 bridgehead atoms. The van der Waals surface area contributed by atoms with Gasteiger partial charge in [0.2, 0.25) is 0 Å². The summed E-state index contributed by atoms with van der Waals surface area (Å²) < 4.78 is 6.60. The van der Waals surface area contributed by atoms with Crippen LogP contribution in [0.15, 0.2) is 41.3 Å². The second-order valence-corrected chi connectivity index (χ2v) is 8.33. The Morgan fingerprint density at radius 1 is 1.31 bits per heavy atom. The predicted octanol–water partition coefficient (Wildman–Crippen LogP) is 1.72. The van der Waals surface area contributed by atoms with Crippen molar-refractivity contribution in [2.75, 3.05) is 7.11 Å². The summed E-state index contributed by atoms with van der Waals surface area (Å²) in [6.07, 6.45) is 5.94. The summed E-state index contributed by atoms with van der Waals surface area (Å²) in [5, 5.41) is 3.02. The van der Waals surface area contributed by atoms with Gasteiger partial charge in [-0.1, -0.05) is 12.1 Å². The van der Waals surface area contributed by atoms with Crippen LogP contribution in [-0.4, -0.2) is 36.0 Å². The minimum atomic E-state index is -0.426. The molecule has 1 aromatic carbocycles. The van der Waals surface area contributed by atoms with Crippen molar-refractivity contribution < 1.29 is 14.3 Å². The average molecular weight is 395 g/mol. The van der Waals surface area contributed by atoms with Crippen molar-refractivity contribution in [3.05, 3.63) is 63.6 Å². The number of benzene rings is 1. The van der Waals surface area contributed by atoms with Gasteiger partial charge in [-0.2, -0.15) is 0 Å². The molecule has 2 saturated carbocycles. The zero-order chi connectivity index (χ0) is 20.6. The molecular formula is C22H25N3O4. The van der Waals surface area contributed by atoms with Crippen LogP contribution in [0.5, 0.6) is 5.75 Å². The van der Waals surface area contributed by atoms with Gasteiger partial charge in [0.1, 0.15) is 5.75 Å². The summed E-state index contributed by atoms with van der Waals surface area (Å²) in [6, 6.07) is 9.09. The molecule has 7 heteroatoms. The first-order valence-corrected chi connectivity index (χ1v) is 9.80. The highest BCUT2D eigenvalue weighted by atomic mass is 16.5. The minimum absolute atomic E-state index is 0.0319. The van der Waals surface area contributed by atoms with Gasteiger partial charge in [0.05, 0.1) is 24.8 Å². The summed E-state index contributed by atoms with van der Waals surface area (Å²) in [6.45, 7) is 0.239. The number of aldehydes is 1. The largest absolute Gasteiger partial charge is 0.497 e. The molecule has 152 valence electrons. The lowest BCUT2D eigenvalue weighted by molar-refractivity contribution is -0.0159. The maximum Gasteiger partial charge on any atom is 0.261 e. The molecule has 1 amide bonds. The van der Waals surface area contributed by atoms with Gasteiger partial charge in [-0.25, -0.2) is 0 Å². The highest BCUT2D eigenvalue weighted by Crippen LogP contribution is 2.55. The molecule has 1 heterocycles. The van der Waals surface area contributed by atoms with Crippen LogP contribution in [0.1, 0.15) is 52.0 Å². The fraction of sp³-hybridized carbons (Fsp3) is 0.409. The standard InChI is InChI=1S/C22H25N3O4/c1-29-19-4-2-3-14(5-19)11-25-12-15(6-16(13-26)21(25)28)20(27)24-18-9-22(10-18)7-17(23)8-22/h2-6,12-13,17-18H,7-11,23H2,1H3,(H,24,27). The molecule has 0 radical (unpaired) electrons. The van der Waals surface area contributed by atoms with E-state index >= 15 is 0 Å². The Kier molecular flexibility index (Phi) is 5.00. The Labute approximate surface area is 168 Å². The number of nitrogens with one attached hydrogen (secondary N) is 1. The number of amides is 1. The third kappa shape index (κ3) is 3.82. The highest BCUT2D eigenvalue weighted by molar-refractivity contribution is 5.95. The summed E-state index contributed by atoms with van der Waals surface area (Å²) in [7, 11) is 1.57. The van der Waals surface area contributed by atoms with Gasteiger partial charge >= 0.3 is 0 Å². The Morgan fingerprint density at radius 2 is 2.07 bits per heavy atom. The lowest BCUT2D eigenvalue weighted by Crippen LogP contribution is -2.59. The van der Waals surface area contributed by atoms with Gasteiger partial charge in [-0.05, 0) is 54.9 Å². The lowest BCUT2D eigenvalue weighted by atomic mass is 9.52. The predicted molar refractivity (Wildman–Crippen MR) is 108 cm³/mol. The number of rotatable bonds is 6. The van der Waals surface area contributed by atoms with E-state index in [1.165, 1.54) is 16.8 Å². The number of hydrogen-bond acceptors (Lipinski definition) is 5. The Balaban J connectivity index is 1.51. The molecule has 1 aromatic heterocycles. The van der Waals surface area contributed by atoms with E-state index in [9.17, 15) is 14.4 Å². The van der Waals surface area contributed by atoms with Crippen LogP contribution < -0.4 is 21.3 Å². The van der Waals surface area contributed by atoms with Crippen LogP contribution in [0.3, 0.4) is 0 Å². The number of methoxy groups -OCH3 is 1. The number of hydrogen-bond donors (Lipinski definition) is 2. The smallest absolute Gasteiger partial charge is 0.261 e. The SMILES string of the molecule is COc1cccc(Cn2cc(C(=O)NC3CC4(CC(N)C4)C3)cc(C=O)c2=O)c1. The van der Waals surface area contributed by atoms with Crippen LogP contribution >= 0.6 is 0 Å². The zero-order valence-corrected chi connectivity index (χ0v) is 16.4. The number of ether oxygens (including phenoxy) is 1. The molecule has 7 nitrogen and oxygen atoms in total. The van der Waals surface area contributed by atoms with Crippen LogP contribution in [-0.2, 0) is 6.54 Å². The van der Waals surface area contributed by atoms with Crippen LogP contribution in [0.4, 0.5) is 0 Å². The van der Waals surface area contributed by atoms with Crippen molar-refractivity contribution in [1.29, 1.82) is 0 Å². The van der Waals surface area contributed by atoms with Gasteiger partial charge in [-0.15, -0.1) is 0 Å². The molecule has 29 heavy (non-hydrogen) atoms. The van der Waals surface area contributed by atoms with Crippen molar-refractivity contribution in [1.82, 2.24) is 9.88 Å². The summed E-state index contributed by atoms with van der Waals surface area (Å²) >= 11 is 0. The van der Waals surface area contributed by atoms with Gasteiger partial charge in [0.15, 0.2) is 6.29 Å². The van der Waals surface area contributed by atoms with Crippen LogP contribution in [0.2, 0.25) is 0 Å². The van der Waals surface area contributed by atoms with Gasteiger partial charge in [0.25, 0.3) is 11.5 Å². The van der Waals surface area contributed by atoms with Crippen molar-refractivity contribution in [3.63, 3.8) is 0 Å². The molecule has 0 aliphatic heterocycles. The van der Waals surface area contributed by atoms with Crippen molar-refractivity contribution >= 4 is 12.2 Å².